The summed E-state index contributed by atoms with van der Waals surface area (Å²) in [6, 6.07) is 17.5. The summed E-state index contributed by atoms with van der Waals surface area (Å²) in [5.41, 5.74) is 4.33. The fourth-order valence-electron chi connectivity index (χ4n) is 2.96. The van der Waals surface area contributed by atoms with Gasteiger partial charge in [-0.1, -0.05) is 30.3 Å². The molecule has 0 fully saturated rings. The number of rotatable bonds is 6. The molecular formula is C21H20N6O3. The Labute approximate surface area is 171 Å². The first kappa shape index (κ1) is 19.2. The van der Waals surface area contributed by atoms with Crippen molar-refractivity contribution >= 4 is 23.3 Å². The summed E-state index contributed by atoms with van der Waals surface area (Å²) < 4.78 is 8.59. The van der Waals surface area contributed by atoms with E-state index >= 15 is 0 Å². The first-order chi connectivity index (χ1) is 14.5. The zero-order valence-corrected chi connectivity index (χ0v) is 16.5. The number of aromatic amines is 1. The van der Waals surface area contributed by atoms with Crippen molar-refractivity contribution in [1.29, 1.82) is 0 Å². The van der Waals surface area contributed by atoms with E-state index in [1.807, 2.05) is 54.6 Å². The van der Waals surface area contributed by atoms with Gasteiger partial charge in [0.15, 0.2) is 11.2 Å². The molecule has 0 atom stereocenters. The largest absolute Gasteiger partial charge is 0.489 e. The Kier molecular flexibility index (Phi) is 5.17. The zero-order chi connectivity index (χ0) is 21.1. The minimum Gasteiger partial charge on any atom is -0.489 e. The van der Waals surface area contributed by atoms with E-state index in [9.17, 15) is 9.59 Å². The minimum absolute atomic E-state index is 0.281. The smallest absolute Gasteiger partial charge is 0.329 e. The number of nitrogens with zero attached hydrogens (tertiary/aromatic N) is 4. The van der Waals surface area contributed by atoms with Crippen LogP contribution in [0.4, 0.5) is 5.95 Å². The predicted octanol–water partition coefficient (Wildman–Crippen LogP) is 1.99. The van der Waals surface area contributed by atoms with E-state index in [2.05, 4.69) is 20.5 Å². The maximum Gasteiger partial charge on any atom is 0.329 e. The van der Waals surface area contributed by atoms with E-state index < -0.39 is 11.2 Å². The molecular weight excluding hydrogens is 384 g/mol. The summed E-state index contributed by atoms with van der Waals surface area (Å²) in [6.45, 7) is 0.504. The lowest BCUT2D eigenvalue weighted by Gasteiger charge is -2.06. The van der Waals surface area contributed by atoms with Gasteiger partial charge >= 0.3 is 5.69 Å². The zero-order valence-electron chi connectivity index (χ0n) is 16.5. The molecule has 0 aliphatic heterocycles. The summed E-state index contributed by atoms with van der Waals surface area (Å²) in [5, 5.41) is 4.17. The van der Waals surface area contributed by atoms with E-state index in [0.29, 0.717) is 12.6 Å². The normalized spacial score (nSPS) is 11.3. The van der Waals surface area contributed by atoms with E-state index in [0.717, 1.165) is 16.9 Å². The second kappa shape index (κ2) is 8.08. The molecule has 0 aliphatic carbocycles. The van der Waals surface area contributed by atoms with Crippen LogP contribution in [0.2, 0.25) is 0 Å². The molecule has 152 valence electrons. The summed E-state index contributed by atoms with van der Waals surface area (Å²) in [5.74, 6) is 1.11. The van der Waals surface area contributed by atoms with Crippen LogP contribution in [0.1, 0.15) is 11.1 Å². The van der Waals surface area contributed by atoms with Crippen LogP contribution in [0.15, 0.2) is 69.3 Å². The number of imidazole rings is 1. The predicted molar refractivity (Wildman–Crippen MR) is 115 cm³/mol. The number of aryl methyl sites for hydroxylation is 2. The molecule has 0 spiro atoms. The maximum absolute atomic E-state index is 12.0. The number of anilines is 1. The van der Waals surface area contributed by atoms with E-state index in [4.69, 9.17) is 4.74 Å². The molecule has 0 amide bonds. The number of aromatic nitrogens is 4. The van der Waals surface area contributed by atoms with Crippen LogP contribution in [-0.2, 0) is 20.7 Å². The summed E-state index contributed by atoms with van der Waals surface area (Å²) >= 11 is 0. The van der Waals surface area contributed by atoms with Crippen molar-refractivity contribution in [3.8, 4) is 5.75 Å². The molecule has 2 aromatic carbocycles. The SMILES string of the molecule is Cn1c(NN=Cc2ccc(OCc3ccccc3)cc2)nc2c1c(=O)[nH]c(=O)n2C. The number of nitrogens with one attached hydrogen (secondary N) is 2. The molecule has 0 saturated heterocycles. The second-order valence-corrected chi connectivity index (χ2v) is 6.70. The minimum atomic E-state index is -0.518. The number of hydrogen-bond donors (Lipinski definition) is 2. The quantitative estimate of drug-likeness (QED) is 0.378. The van der Waals surface area contributed by atoms with Gasteiger partial charge in [-0.3, -0.25) is 14.3 Å². The van der Waals surface area contributed by atoms with Crippen LogP contribution >= 0.6 is 0 Å². The maximum atomic E-state index is 12.0. The lowest BCUT2D eigenvalue weighted by atomic mass is 10.2. The van der Waals surface area contributed by atoms with Crippen LogP contribution in [0.25, 0.3) is 11.2 Å². The summed E-state index contributed by atoms with van der Waals surface area (Å²) in [6.07, 6.45) is 1.63. The third-order valence-corrected chi connectivity index (χ3v) is 4.64. The molecule has 9 nitrogen and oxygen atoms in total. The van der Waals surface area contributed by atoms with Gasteiger partial charge in [0, 0.05) is 14.1 Å². The highest BCUT2D eigenvalue weighted by molar-refractivity contribution is 5.80. The first-order valence-electron chi connectivity index (χ1n) is 9.24. The van der Waals surface area contributed by atoms with Gasteiger partial charge in [0.1, 0.15) is 12.4 Å². The van der Waals surface area contributed by atoms with Crippen LogP contribution < -0.4 is 21.4 Å². The van der Waals surface area contributed by atoms with E-state index in [1.54, 1.807) is 24.9 Å². The highest BCUT2D eigenvalue weighted by Crippen LogP contribution is 2.15. The van der Waals surface area contributed by atoms with Crippen LogP contribution in [-0.4, -0.2) is 25.3 Å². The lowest BCUT2D eigenvalue weighted by molar-refractivity contribution is 0.306. The number of benzene rings is 2. The van der Waals surface area contributed by atoms with Crippen LogP contribution in [0.3, 0.4) is 0 Å². The number of fused-ring (bicyclic) bond motifs is 1. The number of hydrogen-bond acceptors (Lipinski definition) is 6. The van der Waals surface area contributed by atoms with Crippen molar-refractivity contribution in [3.63, 3.8) is 0 Å². The molecule has 2 aromatic heterocycles. The summed E-state index contributed by atoms with van der Waals surface area (Å²) in [4.78, 5) is 30.3. The van der Waals surface area contributed by atoms with Crippen molar-refractivity contribution in [1.82, 2.24) is 19.1 Å². The molecule has 0 saturated carbocycles. The first-order valence-corrected chi connectivity index (χ1v) is 9.24. The van der Waals surface area contributed by atoms with Crippen LogP contribution in [0.5, 0.6) is 5.75 Å². The van der Waals surface area contributed by atoms with Gasteiger partial charge in [0.25, 0.3) is 5.56 Å². The van der Waals surface area contributed by atoms with Crippen molar-refractivity contribution in [2.45, 2.75) is 6.61 Å². The van der Waals surface area contributed by atoms with E-state index in [1.165, 1.54) is 4.57 Å². The Morgan fingerprint density at radius 2 is 1.80 bits per heavy atom. The van der Waals surface area contributed by atoms with Gasteiger partial charge in [-0.15, -0.1) is 0 Å². The second-order valence-electron chi connectivity index (χ2n) is 6.70. The van der Waals surface area contributed by atoms with E-state index in [-0.39, 0.29) is 11.2 Å². The molecule has 2 N–H and O–H groups in total. The third kappa shape index (κ3) is 3.86. The molecule has 4 aromatic rings. The number of hydrazone groups is 1. The average Bonchev–Trinajstić information content (AvgIpc) is 3.09. The monoisotopic (exact) mass is 404 g/mol. The van der Waals surface area contributed by atoms with Gasteiger partial charge in [-0.2, -0.15) is 10.1 Å². The van der Waals surface area contributed by atoms with Gasteiger partial charge in [-0.05, 0) is 35.4 Å². The molecule has 2 heterocycles. The van der Waals surface area contributed by atoms with Gasteiger partial charge in [0.2, 0.25) is 5.95 Å². The molecule has 0 radical (unpaired) electrons. The fraction of sp³-hybridized carbons (Fsp3) is 0.143. The Morgan fingerprint density at radius 3 is 2.53 bits per heavy atom. The third-order valence-electron chi connectivity index (χ3n) is 4.64. The molecule has 0 aliphatic rings. The van der Waals surface area contributed by atoms with Crippen molar-refractivity contribution < 1.29 is 4.74 Å². The number of H-pyrrole nitrogens is 1. The Bertz CT molecular complexity index is 1320. The topological polar surface area (TPSA) is 106 Å². The average molecular weight is 404 g/mol. The molecule has 0 bridgehead atoms. The summed E-state index contributed by atoms with van der Waals surface area (Å²) in [7, 11) is 3.22. The van der Waals surface area contributed by atoms with Gasteiger partial charge in [-0.25, -0.2) is 10.2 Å². The van der Waals surface area contributed by atoms with Gasteiger partial charge < -0.3 is 9.30 Å². The molecule has 9 heteroatoms. The number of ether oxygens (including phenoxy) is 1. The Morgan fingerprint density at radius 1 is 1.07 bits per heavy atom. The van der Waals surface area contributed by atoms with Crippen molar-refractivity contribution in [2.75, 3.05) is 5.43 Å². The standard InChI is InChI=1S/C21H20N6O3/c1-26-17-18(27(2)21(29)24-19(17)28)23-20(26)25-22-12-14-8-10-16(11-9-14)30-13-15-6-4-3-5-7-15/h3-12H,13H2,1-2H3,(H,23,25)(H,24,28,29). The molecule has 4 rings (SSSR count). The van der Waals surface area contributed by atoms with Crippen molar-refractivity contribution in [3.05, 3.63) is 86.6 Å². The fourth-order valence-corrected chi connectivity index (χ4v) is 2.96. The Hall–Kier alpha value is -4.14. The highest BCUT2D eigenvalue weighted by Gasteiger charge is 2.14. The highest BCUT2D eigenvalue weighted by atomic mass is 16.5. The van der Waals surface area contributed by atoms with Crippen molar-refractivity contribution in [2.24, 2.45) is 19.2 Å². The molecule has 30 heavy (non-hydrogen) atoms. The lowest BCUT2D eigenvalue weighted by Crippen LogP contribution is -2.29. The van der Waals surface area contributed by atoms with Crippen LogP contribution in [0, 0.1) is 0 Å². The Balaban J connectivity index is 1.44. The van der Waals surface area contributed by atoms with Gasteiger partial charge in [0.05, 0.1) is 6.21 Å². The molecule has 0 unspecified atom stereocenters.